The van der Waals surface area contributed by atoms with Crippen LogP contribution >= 0.6 is 11.6 Å². The quantitative estimate of drug-likeness (QED) is 0.917. The molecule has 0 fully saturated rings. The molecule has 1 aromatic carbocycles. The van der Waals surface area contributed by atoms with E-state index in [0.717, 1.165) is 5.69 Å². The van der Waals surface area contributed by atoms with E-state index in [1.165, 1.54) is 4.90 Å². The molecule has 0 spiro atoms. The summed E-state index contributed by atoms with van der Waals surface area (Å²) in [5, 5.41) is 13.7. The highest BCUT2D eigenvalue weighted by Crippen LogP contribution is 2.13. The van der Waals surface area contributed by atoms with E-state index in [1.54, 1.807) is 55.2 Å². The minimum Gasteiger partial charge on any atom is -0.481 e. The lowest BCUT2D eigenvalue weighted by Crippen LogP contribution is -2.34. The molecule has 2 aromatic rings. The van der Waals surface area contributed by atoms with E-state index in [-0.39, 0.29) is 18.1 Å². The Labute approximate surface area is 132 Å². The number of benzene rings is 1. The maximum atomic E-state index is 12.2. The largest absolute Gasteiger partial charge is 0.481 e. The topological polar surface area (TPSA) is 75.4 Å². The van der Waals surface area contributed by atoms with Gasteiger partial charge in [0.1, 0.15) is 0 Å². The van der Waals surface area contributed by atoms with Gasteiger partial charge in [-0.05, 0) is 30.3 Å². The fourth-order valence-corrected chi connectivity index (χ4v) is 2.07. The minimum absolute atomic E-state index is 0.127. The molecule has 2 rings (SSSR count). The molecule has 1 unspecified atom stereocenters. The van der Waals surface area contributed by atoms with Gasteiger partial charge in [-0.15, -0.1) is 0 Å². The van der Waals surface area contributed by atoms with Crippen LogP contribution < -0.4 is 0 Å². The van der Waals surface area contributed by atoms with Crippen LogP contribution in [0.1, 0.15) is 17.4 Å². The van der Waals surface area contributed by atoms with E-state index in [1.807, 2.05) is 0 Å². The Hall–Kier alpha value is -2.34. The van der Waals surface area contributed by atoms with E-state index < -0.39 is 11.9 Å². The first-order valence-corrected chi connectivity index (χ1v) is 7.06. The number of aromatic nitrogens is 2. The highest BCUT2D eigenvalue weighted by molar-refractivity contribution is 6.30. The third-order valence-corrected chi connectivity index (χ3v) is 3.47. The zero-order valence-electron chi connectivity index (χ0n) is 12.2. The van der Waals surface area contributed by atoms with Gasteiger partial charge in [-0.2, -0.15) is 5.10 Å². The normalized spacial score (nSPS) is 12.0. The Morgan fingerprint density at radius 1 is 1.32 bits per heavy atom. The maximum Gasteiger partial charge on any atom is 0.308 e. The fraction of sp³-hybridized carbons (Fsp3) is 0.267. The number of carboxylic acid groups (broad SMARTS) is 1. The lowest BCUT2D eigenvalue weighted by Gasteiger charge is -2.18. The Balaban J connectivity index is 2.12. The highest BCUT2D eigenvalue weighted by Gasteiger charge is 2.20. The average molecular weight is 322 g/mol. The molecule has 22 heavy (non-hydrogen) atoms. The van der Waals surface area contributed by atoms with Crippen LogP contribution in [0.25, 0.3) is 5.69 Å². The summed E-state index contributed by atoms with van der Waals surface area (Å²) in [4.78, 5) is 24.4. The third-order valence-electron chi connectivity index (χ3n) is 3.22. The smallest absolute Gasteiger partial charge is 0.308 e. The van der Waals surface area contributed by atoms with E-state index in [9.17, 15) is 9.59 Å². The van der Waals surface area contributed by atoms with Crippen LogP contribution in [0.4, 0.5) is 0 Å². The van der Waals surface area contributed by atoms with Gasteiger partial charge in [0.25, 0.3) is 5.91 Å². The van der Waals surface area contributed by atoms with Gasteiger partial charge in [0.2, 0.25) is 0 Å². The van der Waals surface area contributed by atoms with Gasteiger partial charge in [0.15, 0.2) is 5.69 Å². The Kier molecular flexibility index (Phi) is 4.82. The number of hydrogen-bond donors (Lipinski definition) is 1. The van der Waals surface area contributed by atoms with Crippen LogP contribution in [-0.2, 0) is 4.79 Å². The number of hydrogen-bond acceptors (Lipinski definition) is 3. The van der Waals surface area contributed by atoms with Crippen molar-refractivity contribution in [1.29, 1.82) is 0 Å². The monoisotopic (exact) mass is 321 g/mol. The number of aliphatic carboxylic acids is 1. The second-order valence-electron chi connectivity index (χ2n) is 5.05. The molecule has 1 aromatic heterocycles. The molecule has 7 heteroatoms. The molecule has 1 N–H and O–H groups in total. The molecule has 1 atom stereocenters. The first-order valence-electron chi connectivity index (χ1n) is 6.68. The average Bonchev–Trinajstić information content (AvgIpc) is 2.96. The molecular weight excluding hydrogens is 306 g/mol. The molecule has 0 aliphatic heterocycles. The summed E-state index contributed by atoms with van der Waals surface area (Å²) in [6.45, 7) is 1.68. The second kappa shape index (κ2) is 6.62. The summed E-state index contributed by atoms with van der Waals surface area (Å²) in [6, 6.07) is 8.65. The van der Waals surface area contributed by atoms with Crippen molar-refractivity contribution in [3.63, 3.8) is 0 Å². The Bertz CT molecular complexity index is 682. The van der Waals surface area contributed by atoms with Crippen LogP contribution in [0.3, 0.4) is 0 Å². The molecule has 0 saturated carbocycles. The molecule has 0 radical (unpaired) electrons. The lowest BCUT2D eigenvalue weighted by atomic mass is 10.2. The van der Waals surface area contributed by atoms with Gasteiger partial charge in [0, 0.05) is 24.8 Å². The standard InChI is InChI=1S/C15H16ClN3O3/c1-10(15(21)22)9-18(2)14(20)13-7-8-19(17-13)12-5-3-11(16)4-6-12/h3-8,10H,9H2,1-2H3,(H,21,22). The van der Waals surface area contributed by atoms with Gasteiger partial charge < -0.3 is 10.0 Å². The minimum atomic E-state index is -0.939. The van der Waals surface area contributed by atoms with Crippen LogP contribution in [0.5, 0.6) is 0 Å². The van der Waals surface area contributed by atoms with E-state index in [2.05, 4.69) is 5.10 Å². The molecule has 6 nitrogen and oxygen atoms in total. The number of amides is 1. The van der Waals surface area contributed by atoms with Crippen molar-refractivity contribution >= 4 is 23.5 Å². The number of nitrogens with zero attached hydrogens (tertiary/aromatic N) is 3. The number of rotatable bonds is 5. The van der Waals surface area contributed by atoms with Crippen molar-refractivity contribution in [3.05, 3.63) is 47.2 Å². The molecule has 0 aliphatic rings. The van der Waals surface area contributed by atoms with Crippen molar-refractivity contribution < 1.29 is 14.7 Å². The summed E-state index contributed by atoms with van der Waals surface area (Å²) < 4.78 is 1.57. The molecule has 0 aliphatic carbocycles. The summed E-state index contributed by atoms with van der Waals surface area (Å²) in [5.41, 5.74) is 1.04. The van der Waals surface area contributed by atoms with Gasteiger partial charge >= 0.3 is 5.97 Å². The third kappa shape index (κ3) is 3.65. The van der Waals surface area contributed by atoms with Crippen molar-refractivity contribution in [1.82, 2.24) is 14.7 Å². The van der Waals surface area contributed by atoms with Gasteiger partial charge in [-0.3, -0.25) is 9.59 Å². The zero-order chi connectivity index (χ0) is 16.3. The van der Waals surface area contributed by atoms with Crippen molar-refractivity contribution in [2.24, 2.45) is 5.92 Å². The number of carbonyl (C=O) groups excluding carboxylic acids is 1. The maximum absolute atomic E-state index is 12.2. The van der Waals surface area contributed by atoms with E-state index in [4.69, 9.17) is 16.7 Å². The van der Waals surface area contributed by atoms with Crippen molar-refractivity contribution in [2.45, 2.75) is 6.92 Å². The van der Waals surface area contributed by atoms with Gasteiger partial charge in [0.05, 0.1) is 11.6 Å². The number of carboxylic acids is 1. The highest BCUT2D eigenvalue weighted by atomic mass is 35.5. The second-order valence-corrected chi connectivity index (χ2v) is 5.48. The molecular formula is C15H16ClN3O3. The van der Waals surface area contributed by atoms with E-state index in [0.29, 0.717) is 5.02 Å². The predicted octanol–water partition coefficient (Wildman–Crippen LogP) is 2.32. The van der Waals surface area contributed by atoms with Crippen molar-refractivity contribution in [3.8, 4) is 5.69 Å². The van der Waals surface area contributed by atoms with Crippen LogP contribution in [-0.4, -0.2) is 45.3 Å². The Morgan fingerprint density at radius 2 is 1.95 bits per heavy atom. The van der Waals surface area contributed by atoms with Gasteiger partial charge in [-0.1, -0.05) is 18.5 Å². The lowest BCUT2D eigenvalue weighted by molar-refractivity contribution is -0.141. The summed E-state index contributed by atoms with van der Waals surface area (Å²) >= 11 is 5.83. The van der Waals surface area contributed by atoms with Crippen LogP contribution in [0, 0.1) is 5.92 Å². The first-order chi connectivity index (χ1) is 10.4. The number of halogens is 1. The fourth-order valence-electron chi connectivity index (χ4n) is 1.94. The molecule has 1 heterocycles. The predicted molar refractivity (Wildman–Crippen MR) is 82.3 cm³/mol. The Morgan fingerprint density at radius 3 is 2.55 bits per heavy atom. The summed E-state index contributed by atoms with van der Waals surface area (Å²) in [5.74, 6) is -1.89. The van der Waals surface area contributed by atoms with Crippen LogP contribution in [0.2, 0.25) is 5.02 Å². The molecule has 1 amide bonds. The zero-order valence-corrected chi connectivity index (χ0v) is 13.0. The SMILES string of the molecule is CC(CN(C)C(=O)c1ccn(-c2ccc(Cl)cc2)n1)C(=O)O. The summed E-state index contributed by atoms with van der Waals surface area (Å²) in [7, 11) is 1.56. The molecule has 0 bridgehead atoms. The van der Waals surface area contributed by atoms with Crippen LogP contribution in [0.15, 0.2) is 36.5 Å². The van der Waals surface area contributed by atoms with E-state index >= 15 is 0 Å². The summed E-state index contributed by atoms with van der Waals surface area (Å²) in [6.07, 6.45) is 1.67. The molecule has 116 valence electrons. The number of carbonyl (C=O) groups is 2. The molecule has 0 saturated heterocycles. The van der Waals surface area contributed by atoms with Gasteiger partial charge in [-0.25, -0.2) is 4.68 Å². The van der Waals surface area contributed by atoms with Crippen molar-refractivity contribution in [2.75, 3.05) is 13.6 Å². The first kappa shape index (κ1) is 16.0.